The van der Waals surface area contributed by atoms with E-state index in [9.17, 15) is 31.5 Å². The number of fused-ring (bicyclic) bond motifs is 2. The Balaban J connectivity index is 1.41. The lowest BCUT2D eigenvalue weighted by molar-refractivity contribution is -0.0647. The minimum absolute atomic E-state index is 0.0708. The summed E-state index contributed by atoms with van der Waals surface area (Å²) in [6.07, 6.45) is 3.40. The van der Waals surface area contributed by atoms with Crippen LogP contribution in [0.15, 0.2) is 46.8 Å². The number of rotatable bonds is 5. The molecule has 2 fully saturated rings. The first-order chi connectivity index (χ1) is 17.0. The van der Waals surface area contributed by atoms with Gasteiger partial charge in [-0.3, -0.25) is 4.79 Å². The maximum atomic E-state index is 13.6. The highest BCUT2D eigenvalue weighted by atomic mass is 35.5. The molecule has 2 aromatic carbocycles. The number of aromatic nitrogens is 1. The second kappa shape index (κ2) is 9.13. The zero-order valence-electron chi connectivity index (χ0n) is 18.5. The highest BCUT2D eigenvalue weighted by Crippen LogP contribution is 2.57. The van der Waals surface area contributed by atoms with Gasteiger partial charge >= 0.3 is 0 Å². The molecule has 2 unspecified atom stereocenters. The molecule has 1 amide bonds. The summed E-state index contributed by atoms with van der Waals surface area (Å²) in [7, 11) is -4.00. The van der Waals surface area contributed by atoms with Gasteiger partial charge in [0.1, 0.15) is 10.6 Å². The van der Waals surface area contributed by atoms with Crippen LogP contribution in [0.3, 0.4) is 0 Å². The quantitative estimate of drug-likeness (QED) is 0.415. The number of anilines is 1. The molecule has 1 aromatic heterocycles. The second-order valence-corrected chi connectivity index (χ2v) is 12.6. The van der Waals surface area contributed by atoms with Crippen LogP contribution in [-0.2, 0) is 15.4 Å². The molecule has 0 saturated heterocycles. The molecule has 2 bridgehead atoms. The van der Waals surface area contributed by atoms with Crippen molar-refractivity contribution in [3.05, 3.63) is 75.0 Å². The Labute approximate surface area is 214 Å². The van der Waals surface area contributed by atoms with Crippen molar-refractivity contribution >= 4 is 44.4 Å². The van der Waals surface area contributed by atoms with Gasteiger partial charge in [-0.15, -0.1) is 11.3 Å². The summed E-state index contributed by atoms with van der Waals surface area (Å²) in [5.41, 5.74) is -1.60. The van der Waals surface area contributed by atoms with E-state index < -0.39 is 44.0 Å². The third kappa shape index (κ3) is 4.11. The molecule has 12 heteroatoms. The van der Waals surface area contributed by atoms with E-state index in [2.05, 4.69) is 10.3 Å². The molecule has 5 rings (SSSR count). The summed E-state index contributed by atoms with van der Waals surface area (Å²) in [5, 5.41) is 15.2. The number of benzene rings is 2. The maximum Gasteiger partial charge on any atom is 0.255 e. The van der Waals surface area contributed by atoms with Gasteiger partial charge in [-0.05, 0) is 55.7 Å². The van der Waals surface area contributed by atoms with Crippen LogP contribution in [0.25, 0.3) is 0 Å². The second-order valence-electron chi connectivity index (χ2n) is 9.13. The van der Waals surface area contributed by atoms with Gasteiger partial charge in [-0.1, -0.05) is 11.6 Å². The van der Waals surface area contributed by atoms with E-state index >= 15 is 0 Å². The Kier molecular flexibility index (Phi) is 6.39. The fraction of sp³-hybridized carbons (Fsp3) is 0.333. The van der Waals surface area contributed by atoms with E-state index in [-0.39, 0.29) is 45.8 Å². The van der Waals surface area contributed by atoms with Gasteiger partial charge in [0.2, 0.25) is 0 Å². The van der Waals surface area contributed by atoms with Crippen LogP contribution in [-0.4, -0.2) is 29.7 Å². The molecule has 0 spiro atoms. The fourth-order valence-corrected chi connectivity index (χ4v) is 8.69. The van der Waals surface area contributed by atoms with Gasteiger partial charge in [-0.25, -0.2) is 26.6 Å². The molecular weight excluding hydrogens is 537 g/mol. The molecule has 6 nitrogen and oxygen atoms in total. The summed E-state index contributed by atoms with van der Waals surface area (Å²) < 4.78 is 67.5. The van der Waals surface area contributed by atoms with Gasteiger partial charge in [0, 0.05) is 35.0 Å². The smallest absolute Gasteiger partial charge is 0.255 e. The Morgan fingerprint density at radius 2 is 1.75 bits per heavy atom. The Morgan fingerprint density at radius 1 is 1.11 bits per heavy atom. The van der Waals surface area contributed by atoms with Crippen LogP contribution in [0.2, 0.25) is 5.02 Å². The molecule has 2 N–H and O–H groups in total. The maximum absolute atomic E-state index is 13.6. The first kappa shape index (κ1) is 25.2. The van der Waals surface area contributed by atoms with Crippen molar-refractivity contribution < 1.29 is 31.5 Å². The van der Waals surface area contributed by atoms with Gasteiger partial charge in [-0.2, -0.15) is 0 Å². The number of hydrogen-bond donors (Lipinski definition) is 2. The number of aliphatic hydroxyl groups is 1. The van der Waals surface area contributed by atoms with Gasteiger partial charge in [0.05, 0.1) is 15.2 Å². The van der Waals surface area contributed by atoms with Crippen LogP contribution in [0.5, 0.6) is 0 Å². The predicted molar refractivity (Wildman–Crippen MR) is 128 cm³/mol. The predicted octanol–water partition coefficient (Wildman–Crippen LogP) is 5.32. The Hall–Kier alpha value is -2.47. The number of amides is 1. The summed E-state index contributed by atoms with van der Waals surface area (Å²) in [6, 6.07) is 4.89. The number of thiazole rings is 1. The molecule has 0 aliphatic heterocycles. The van der Waals surface area contributed by atoms with Crippen LogP contribution >= 0.6 is 22.9 Å². The van der Waals surface area contributed by atoms with Crippen LogP contribution in [0.4, 0.5) is 18.9 Å². The lowest BCUT2D eigenvalue weighted by atomic mass is 9.74. The number of nitrogens with zero attached hydrogens (tertiary/aromatic N) is 1. The fourth-order valence-electron chi connectivity index (χ4n) is 5.40. The molecule has 3 aromatic rings. The highest BCUT2D eigenvalue weighted by molar-refractivity contribution is 7.92. The van der Waals surface area contributed by atoms with Crippen molar-refractivity contribution in [1.29, 1.82) is 0 Å². The molecule has 2 aliphatic carbocycles. The zero-order chi connectivity index (χ0) is 25.8. The lowest BCUT2D eigenvalue weighted by Gasteiger charge is -2.41. The molecule has 1 heterocycles. The van der Waals surface area contributed by atoms with E-state index in [0.29, 0.717) is 30.0 Å². The van der Waals surface area contributed by atoms with Crippen molar-refractivity contribution in [2.75, 3.05) is 5.32 Å². The van der Waals surface area contributed by atoms with E-state index in [0.717, 1.165) is 6.07 Å². The van der Waals surface area contributed by atoms with E-state index in [4.69, 9.17) is 11.6 Å². The monoisotopic (exact) mass is 556 g/mol. The molecule has 2 aliphatic rings. The van der Waals surface area contributed by atoms with Gasteiger partial charge < -0.3 is 10.4 Å². The Morgan fingerprint density at radius 3 is 2.33 bits per heavy atom. The minimum Gasteiger partial charge on any atom is -0.382 e. The zero-order valence-corrected chi connectivity index (χ0v) is 20.9. The molecule has 2 saturated carbocycles. The average Bonchev–Trinajstić information content (AvgIpc) is 3.40. The highest BCUT2D eigenvalue weighted by Gasteiger charge is 2.57. The van der Waals surface area contributed by atoms with E-state index in [1.807, 2.05) is 0 Å². The first-order valence-electron chi connectivity index (χ1n) is 11.1. The average molecular weight is 557 g/mol. The van der Waals surface area contributed by atoms with Crippen molar-refractivity contribution in [1.82, 2.24) is 4.98 Å². The topological polar surface area (TPSA) is 96.4 Å². The Bertz CT molecular complexity index is 1410. The largest absolute Gasteiger partial charge is 0.382 e. The van der Waals surface area contributed by atoms with Crippen LogP contribution < -0.4 is 5.32 Å². The standard InChI is InChI=1S/C24H20ClF3N2O4S2/c25-17-4-1-12(22(31)30-15-10-18(26)21(28)19(27)11-15)7-20(17)36(33,34)16-8-13-2-3-14(9-16)24(13,32)23-29-5-6-35-23/h1,4-7,10-11,13-14,16,32H,2-3,8-9H2,(H,30,31)/t13?,14?,16-,24-. The summed E-state index contributed by atoms with van der Waals surface area (Å²) in [6.45, 7) is 0. The molecule has 190 valence electrons. The van der Waals surface area contributed by atoms with Crippen molar-refractivity contribution in [3.8, 4) is 0 Å². The normalized spacial score (nSPS) is 25.6. The van der Waals surface area contributed by atoms with E-state index in [1.54, 1.807) is 11.6 Å². The third-order valence-electron chi connectivity index (χ3n) is 7.16. The summed E-state index contributed by atoms with van der Waals surface area (Å²) >= 11 is 7.59. The van der Waals surface area contributed by atoms with Gasteiger partial charge in [0.25, 0.3) is 5.91 Å². The minimum atomic E-state index is -4.00. The summed E-state index contributed by atoms with van der Waals surface area (Å²) in [5.74, 6) is -6.04. The molecule has 0 radical (unpaired) electrons. The van der Waals surface area contributed by atoms with Crippen molar-refractivity contribution in [2.24, 2.45) is 11.8 Å². The SMILES string of the molecule is O=C(Nc1cc(F)c(F)c(F)c1)c1ccc(Cl)c(S(=O)(=O)[C@H]2CC3CCC(C2)[C@]3(O)c2nccs2)c1. The van der Waals surface area contributed by atoms with Crippen molar-refractivity contribution in [3.63, 3.8) is 0 Å². The number of nitrogens with one attached hydrogen (secondary N) is 1. The van der Waals surface area contributed by atoms with Crippen molar-refractivity contribution in [2.45, 2.75) is 41.4 Å². The molecule has 36 heavy (non-hydrogen) atoms. The summed E-state index contributed by atoms with van der Waals surface area (Å²) in [4.78, 5) is 16.7. The van der Waals surface area contributed by atoms with Crippen LogP contribution in [0, 0.1) is 29.3 Å². The van der Waals surface area contributed by atoms with Crippen LogP contribution in [0.1, 0.15) is 41.0 Å². The lowest BCUT2D eigenvalue weighted by Crippen LogP contribution is -2.45. The molecular formula is C24H20ClF3N2O4S2. The first-order valence-corrected chi connectivity index (χ1v) is 13.9. The third-order valence-corrected chi connectivity index (χ3v) is 10.7. The molecule has 2 atom stereocenters. The van der Waals surface area contributed by atoms with E-state index in [1.165, 1.54) is 23.5 Å². The number of carbonyl (C=O) groups is 1. The number of sulfone groups is 1. The number of hydrogen-bond acceptors (Lipinski definition) is 6. The van der Waals surface area contributed by atoms with Gasteiger partial charge in [0.15, 0.2) is 27.3 Å². The number of halogens is 4. The number of carbonyl (C=O) groups excluding carboxylic acids is 1.